The summed E-state index contributed by atoms with van der Waals surface area (Å²) in [7, 11) is 0. The van der Waals surface area contributed by atoms with Crippen LogP contribution in [0.1, 0.15) is 40.4 Å². The molecule has 50 heavy (non-hydrogen) atoms. The molecule has 240 valence electrons. The summed E-state index contributed by atoms with van der Waals surface area (Å²) >= 11 is 0. The Morgan fingerprint density at radius 2 is 1.28 bits per heavy atom. The van der Waals surface area contributed by atoms with E-state index in [4.69, 9.17) is 9.97 Å². The number of pyridine rings is 2. The zero-order valence-electron chi connectivity index (χ0n) is 27.8. The van der Waals surface area contributed by atoms with E-state index in [2.05, 4.69) is 168 Å². The van der Waals surface area contributed by atoms with Gasteiger partial charge in [-0.1, -0.05) is 127 Å². The first-order valence-corrected chi connectivity index (χ1v) is 17.7. The Kier molecular flexibility index (Phi) is 6.70. The Balaban J connectivity index is 1.40. The van der Waals surface area contributed by atoms with Crippen molar-refractivity contribution in [2.45, 2.75) is 31.0 Å². The van der Waals surface area contributed by atoms with Crippen LogP contribution in [0.5, 0.6) is 0 Å². The van der Waals surface area contributed by atoms with Crippen LogP contribution in [0, 0.1) is 0 Å². The Hall–Kier alpha value is -6.00. The molecular weight excluding hydrogens is 609 g/mol. The number of aryl methyl sites for hydroxylation is 1. The molecule has 4 heterocycles. The Morgan fingerprint density at radius 1 is 0.580 bits per heavy atom. The van der Waals surface area contributed by atoms with Crippen LogP contribution in [0.3, 0.4) is 0 Å². The van der Waals surface area contributed by atoms with Gasteiger partial charge in [-0.2, -0.15) is 0 Å². The number of rotatable bonds is 4. The van der Waals surface area contributed by atoms with Crippen molar-refractivity contribution in [1.82, 2.24) is 9.97 Å². The minimum atomic E-state index is -0.844. The summed E-state index contributed by atoms with van der Waals surface area (Å²) in [4.78, 5) is 16.3. The smallest absolute Gasteiger partial charge is 0.186 e. The van der Waals surface area contributed by atoms with E-state index < -0.39 is 5.66 Å². The third kappa shape index (κ3) is 4.31. The summed E-state index contributed by atoms with van der Waals surface area (Å²) in [6.45, 7) is 0.878. The molecule has 0 bridgehead atoms. The molecule has 0 aliphatic carbocycles. The molecule has 4 nitrogen and oxygen atoms in total. The topological polar surface area (TPSA) is 32.3 Å². The second-order valence-corrected chi connectivity index (χ2v) is 13.6. The van der Waals surface area contributed by atoms with Crippen molar-refractivity contribution in [2.75, 3.05) is 16.3 Å². The molecule has 0 radical (unpaired) electrons. The summed E-state index contributed by atoms with van der Waals surface area (Å²) in [5.74, 6) is 0.939. The number of para-hydroxylation sites is 2. The third-order valence-corrected chi connectivity index (χ3v) is 11.0. The Bertz CT molecular complexity index is 2550. The lowest BCUT2D eigenvalue weighted by atomic mass is 9.75. The van der Waals surface area contributed by atoms with E-state index in [1.165, 1.54) is 44.1 Å². The number of anilines is 2. The minimum absolute atomic E-state index is 0.0560. The molecule has 2 aliphatic heterocycles. The molecule has 10 rings (SSSR count). The third-order valence-electron chi connectivity index (χ3n) is 11.0. The van der Waals surface area contributed by atoms with E-state index in [0.29, 0.717) is 0 Å². The highest BCUT2D eigenvalue weighted by Gasteiger charge is 2.55. The van der Waals surface area contributed by atoms with E-state index in [0.717, 1.165) is 53.6 Å². The molecule has 0 saturated heterocycles. The van der Waals surface area contributed by atoms with Gasteiger partial charge >= 0.3 is 0 Å². The quantitative estimate of drug-likeness (QED) is 0.191. The van der Waals surface area contributed by atoms with Gasteiger partial charge in [-0.25, -0.2) is 4.98 Å². The van der Waals surface area contributed by atoms with Crippen molar-refractivity contribution >= 4 is 44.0 Å². The molecule has 0 saturated carbocycles. The fourth-order valence-corrected chi connectivity index (χ4v) is 8.91. The highest BCUT2D eigenvalue weighted by Crippen LogP contribution is 2.55. The van der Waals surface area contributed by atoms with Gasteiger partial charge in [-0.05, 0) is 82.4 Å². The zero-order chi connectivity index (χ0) is 33.1. The first-order valence-electron chi connectivity index (χ1n) is 17.7. The lowest BCUT2D eigenvalue weighted by Crippen LogP contribution is -2.64. The van der Waals surface area contributed by atoms with Crippen LogP contribution in [0.15, 0.2) is 164 Å². The first-order chi connectivity index (χ1) is 24.8. The summed E-state index contributed by atoms with van der Waals surface area (Å²) < 4.78 is 0. The van der Waals surface area contributed by atoms with Gasteiger partial charge in [0.05, 0.1) is 17.3 Å². The summed E-state index contributed by atoms with van der Waals surface area (Å²) in [6, 6.07) is 57.5. The van der Waals surface area contributed by atoms with E-state index in [-0.39, 0.29) is 6.04 Å². The van der Waals surface area contributed by atoms with Gasteiger partial charge < -0.3 is 9.80 Å². The normalized spacial score (nSPS) is 18.7. The van der Waals surface area contributed by atoms with E-state index >= 15 is 0 Å². The molecule has 4 heteroatoms. The number of hydrogen-bond acceptors (Lipinski definition) is 4. The van der Waals surface area contributed by atoms with Crippen molar-refractivity contribution in [2.24, 2.45) is 0 Å². The molecule has 2 aliphatic rings. The highest BCUT2D eigenvalue weighted by molar-refractivity contribution is 5.90. The monoisotopic (exact) mass is 644 g/mol. The van der Waals surface area contributed by atoms with Crippen LogP contribution in [-0.2, 0) is 18.5 Å². The van der Waals surface area contributed by atoms with Crippen molar-refractivity contribution in [1.29, 1.82) is 0 Å². The lowest BCUT2D eigenvalue weighted by Gasteiger charge is -2.59. The van der Waals surface area contributed by atoms with E-state index in [1.54, 1.807) is 0 Å². The van der Waals surface area contributed by atoms with Crippen LogP contribution in [-0.4, -0.2) is 16.5 Å². The largest absolute Gasteiger partial charge is 0.339 e. The van der Waals surface area contributed by atoms with Crippen LogP contribution in [0.2, 0.25) is 0 Å². The molecule has 8 aromatic rings. The second kappa shape index (κ2) is 11.6. The van der Waals surface area contributed by atoms with Crippen molar-refractivity contribution < 1.29 is 0 Å². The maximum atomic E-state index is 5.55. The molecule has 0 fully saturated rings. The van der Waals surface area contributed by atoms with Crippen molar-refractivity contribution in [3.8, 4) is 0 Å². The maximum absolute atomic E-state index is 5.55. The number of fused-ring (bicyclic) bond motifs is 5. The second-order valence-electron chi connectivity index (χ2n) is 13.6. The molecule has 2 unspecified atom stereocenters. The number of hydrogen-bond donors (Lipinski definition) is 0. The van der Waals surface area contributed by atoms with Crippen molar-refractivity contribution in [3.05, 3.63) is 192 Å². The van der Waals surface area contributed by atoms with Crippen LogP contribution in [0.4, 0.5) is 11.5 Å². The number of aromatic nitrogens is 2. The minimum Gasteiger partial charge on any atom is -0.339 e. The molecule has 0 spiro atoms. The fourth-order valence-electron chi connectivity index (χ4n) is 8.91. The summed E-state index contributed by atoms with van der Waals surface area (Å²) in [5, 5.41) is 5.97. The first kappa shape index (κ1) is 29.0. The average molecular weight is 645 g/mol. The molecular formula is C46H36N4. The number of nitrogens with zero attached hydrogens (tertiary/aromatic N) is 4. The molecule has 0 N–H and O–H groups in total. The van der Waals surface area contributed by atoms with Gasteiger partial charge in [0.15, 0.2) is 5.66 Å². The van der Waals surface area contributed by atoms with Crippen molar-refractivity contribution in [3.63, 3.8) is 0 Å². The van der Waals surface area contributed by atoms with E-state index in [9.17, 15) is 0 Å². The van der Waals surface area contributed by atoms with Gasteiger partial charge in [0.2, 0.25) is 0 Å². The van der Waals surface area contributed by atoms with Crippen LogP contribution >= 0.6 is 0 Å². The predicted octanol–water partition coefficient (Wildman–Crippen LogP) is 10.4. The SMILES string of the molecule is c1ccc2c(c1)CCCN2C1(c2nccc3ccccc23)c2ccccc2CC(c2cccc3ccccc23)N1c1ccc2ccccc2n1. The Labute approximate surface area is 292 Å². The van der Waals surface area contributed by atoms with Gasteiger partial charge in [0.25, 0.3) is 0 Å². The van der Waals surface area contributed by atoms with Gasteiger partial charge in [0, 0.05) is 34.8 Å². The average Bonchev–Trinajstić information content (AvgIpc) is 3.19. The Morgan fingerprint density at radius 3 is 2.18 bits per heavy atom. The van der Waals surface area contributed by atoms with Gasteiger partial charge in [-0.15, -0.1) is 0 Å². The van der Waals surface area contributed by atoms with Gasteiger partial charge in [0.1, 0.15) is 5.82 Å². The maximum Gasteiger partial charge on any atom is 0.186 e. The van der Waals surface area contributed by atoms with Crippen LogP contribution < -0.4 is 9.80 Å². The highest BCUT2D eigenvalue weighted by atomic mass is 15.5. The fraction of sp³-hybridized carbons (Fsp3) is 0.130. The molecule has 6 aromatic carbocycles. The molecule has 2 atom stereocenters. The molecule has 2 aromatic heterocycles. The number of benzene rings is 6. The molecule has 0 amide bonds. The standard InChI is InChI=1S/C46H36N4/c1-6-20-37-32(13-1)18-11-22-39(37)43-31-36-17-3-8-23-40(36)46(45-38-21-7-2-14-33(38)28-29-47-45,49-30-12-19-35-16-5-10-25-42(35)49)50(43)44-27-26-34-15-4-9-24-41(34)48-44/h1-11,13-18,20-29,43H,12,19,30-31H2. The van der Waals surface area contributed by atoms with E-state index in [1.807, 2.05) is 6.20 Å². The summed E-state index contributed by atoms with van der Waals surface area (Å²) in [5.41, 5.74) is 7.68. The lowest BCUT2D eigenvalue weighted by molar-refractivity contribution is 0.356. The van der Waals surface area contributed by atoms with Crippen LogP contribution in [0.25, 0.3) is 32.4 Å². The summed E-state index contributed by atoms with van der Waals surface area (Å²) in [6.07, 6.45) is 4.93. The zero-order valence-corrected chi connectivity index (χ0v) is 27.8. The van der Waals surface area contributed by atoms with Gasteiger partial charge in [-0.3, -0.25) is 4.98 Å². The predicted molar refractivity (Wildman–Crippen MR) is 206 cm³/mol.